The van der Waals surface area contributed by atoms with Crippen molar-refractivity contribution in [1.29, 1.82) is 0 Å². The SMILES string of the molecule is CC(=O)c1ccc(F)c(S(=O)(=O)NC2CCCCC2)c1. The van der Waals surface area contributed by atoms with Crippen molar-refractivity contribution in [2.24, 2.45) is 0 Å². The summed E-state index contributed by atoms with van der Waals surface area (Å²) in [5.74, 6) is -1.13. The zero-order valence-electron chi connectivity index (χ0n) is 11.4. The van der Waals surface area contributed by atoms with Gasteiger partial charge in [0, 0.05) is 11.6 Å². The second kappa shape index (κ2) is 6.01. The number of Topliss-reactive ketones (excluding diaryl/α,β-unsaturated/α-hetero) is 1. The molecule has 6 heteroatoms. The van der Waals surface area contributed by atoms with Gasteiger partial charge >= 0.3 is 0 Å². The molecular weight excluding hydrogens is 281 g/mol. The molecule has 1 aromatic rings. The van der Waals surface area contributed by atoms with E-state index in [1.165, 1.54) is 13.0 Å². The first-order valence-corrected chi connectivity index (χ1v) is 8.21. The van der Waals surface area contributed by atoms with Gasteiger partial charge in [-0.25, -0.2) is 17.5 Å². The van der Waals surface area contributed by atoms with Crippen LogP contribution in [0.3, 0.4) is 0 Å². The van der Waals surface area contributed by atoms with Gasteiger partial charge in [-0.2, -0.15) is 0 Å². The first-order chi connectivity index (χ1) is 9.40. The third kappa shape index (κ3) is 3.43. The molecule has 0 aromatic heterocycles. The molecule has 20 heavy (non-hydrogen) atoms. The average molecular weight is 299 g/mol. The molecule has 1 aromatic carbocycles. The summed E-state index contributed by atoms with van der Waals surface area (Å²) in [7, 11) is -3.92. The third-order valence-corrected chi connectivity index (χ3v) is 5.09. The zero-order chi connectivity index (χ0) is 14.8. The van der Waals surface area contributed by atoms with Crippen LogP contribution in [0.15, 0.2) is 23.1 Å². The van der Waals surface area contributed by atoms with E-state index in [0.29, 0.717) is 0 Å². The Labute approximate surface area is 118 Å². The molecule has 0 aliphatic heterocycles. The number of carbonyl (C=O) groups is 1. The second-order valence-corrected chi connectivity index (χ2v) is 6.84. The van der Waals surface area contributed by atoms with Crippen molar-refractivity contribution in [2.75, 3.05) is 0 Å². The van der Waals surface area contributed by atoms with Crippen LogP contribution in [-0.2, 0) is 10.0 Å². The Bertz CT molecular complexity index is 607. The Morgan fingerprint density at radius 1 is 1.25 bits per heavy atom. The fourth-order valence-corrected chi connectivity index (χ4v) is 3.84. The van der Waals surface area contributed by atoms with Gasteiger partial charge in [0.25, 0.3) is 0 Å². The standard InChI is InChI=1S/C14H18FNO3S/c1-10(17)11-7-8-13(15)14(9-11)20(18,19)16-12-5-3-2-4-6-12/h7-9,12,16H,2-6H2,1H3. The maximum absolute atomic E-state index is 13.8. The molecule has 2 rings (SSSR count). The van der Waals surface area contributed by atoms with E-state index in [1.807, 2.05) is 0 Å². The van der Waals surface area contributed by atoms with E-state index in [1.54, 1.807) is 0 Å². The summed E-state index contributed by atoms with van der Waals surface area (Å²) in [4.78, 5) is 10.8. The van der Waals surface area contributed by atoms with Gasteiger partial charge in [0.05, 0.1) is 0 Å². The van der Waals surface area contributed by atoms with Gasteiger partial charge in [-0.05, 0) is 38.0 Å². The van der Waals surface area contributed by atoms with Crippen LogP contribution in [0.2, 0.25) is 0 Å². The molecule has 0 radical (unpaired) electrons. The van der Waals surface area contributed by atoms with Crippen LogP contribution < -0.4 is 4.72 Å². The Kier molecular flexibility index (Phi) is 4.55. The minimum Gasteiger partial charge on any atom is -0.295 e. The van der Waals surface area contributed by atoms with Crippen molar-refractivity contribution in [3.05, 3.63) is 29.6 Å². The molecule has 1 N–H and O–H groups in total. The van der Waals surface area contributed by atoms with Crippen molar-refractivity contribution in [3.8, 4) is 0 Å². The summed E-state index contributed by atoms with van der Waals surface area (Å²) in [5.41, 5.74) is 0.190. The molecule has 1 fully saturated rings. The summed E-state index contributed by atoms with van der Waals surface area (Å²) in [5, 5.41) is 0. The molecule has 1 aliphatic rings. The summed E-state index contributed by atoms with van der Waals surface area (Å²) in [6, 6.07) is 3.26. The van der Waals surface area contributed by atoms with Crippen LogP contribution in [0.1, 0.15) is 49.4 Å². The maximum atomic E-state index is 13.8. The molecule has 0 atom stereocenters. The number of rotatable bonds is 4. The molecule has 0 spiro atoms. The minimum absolute atomic E-state index is 0.144. The van der Waals surface area contributed by atoms with E-state index < -0.39 is 20.7 Å². The highest BCUT2D eigenvalue weighted by atomic mass is 32.2. The van der Waals surface area contributed by atoms with E-state index in [9.17, 15) is 17.6 Å². The lowest BCUT2D eigenvalue weighted by molar-refractivity contribution is 0.101. The molecule has 0 amide bonds. The number of nitrogens with one attached hydrogen (secondary N) is 1. The first-order valence-electron chi connectivity index (χ1n) is 6.73. The van der Waals surface area contributed by atoms with Gasteiger partial charge in [0.1, 0.15) is 10.7 Å². The fourth-order valence-electron chi connectivity index (χ4n) is 2.43. The van der Waals surface area contributed by atoms with Crippen molar-refractivity contribution in [3.63, 3.8) is 0 Å². The average Bonchev–Trinajstić information content (AvgIpc) is 2.39. The molecule has 1 saturated carbocycles. The van der Waals surface area contributed by atoms with E-state index in [4.69, 9.17) is 0 Å². The van der Waals surface area contributed by atoms with Crippen LogP contribution >= 0.6 is 0 Å². The maximum Gasteiger partial charge on any atom is 0.243 e. The van der Waals surface area contributed by atoms with Gasteiger partial charge < -0.3 is 0 Å². The second-order valence-electron chi connectivity index (χ2n) is 5.16. The van der Waals surface area contributed by atoms with Crippen LogP contribution in [0.5, 0.6) is 0 Å². The number of ketones is 1. The molecule has 0 heterocycles. The Hall–Kier alpha value is -1.27. The van der Waals surface area contributed by atoms with E-state index in [-0.39, 0.29) is 17.4 Å². The number of hydrogen-bond donors (Lipinski definition) is 1. The molecule has 0 bridgehead atoms. The van der Waals surface area contributed by atoms with Gasteiger partial charge in [-0.3, -0.25) is 4.79 Å². The van der Waals surface area contributed by atoms with Crippen molar-refractivity contribution < 1.29 is 17.6 Å². The normalized spacial score (nSPS) is 17.1. The highest BCUT2D eigenvalue weighted by Gasteiger charge is 2.25. The Morgan fingerprint density at radius 3 is 2.50 bits per heavy atom. The van der Waals surface area contributed by atoms with E-state index >= 15 is 0 Å². The molecule has 4 nitrogen and oxygen atoms in total. The predicted molar refractivity (Wildman–Crippen MR) is 73.6 cm³/mol. The van der Waals surface area contributed by atoms with Gasteiger partial charge in [0.15, 0.2) is 5.78 Å². The third-order valence-electron chi connectivity index (χ3n) is 3.55. The van der Waals surface area contributed by atoms with Crippen LogP contribution in [0, 0.1) is 5.82 Å². The topological polar surface area (TPSA) is 63.2 Å². The summed E-state index contributed by atoms with van der Waals surface area (Å²) < 4.78 is 40.8. The summed E-state index contributed by atoms with van der Waals surface area (Å²) >= 11 is 0. The number of carbonyl (C=O) groups excluding carboxylic acids is 1. The van der Waals surface area contributed by atoms with Crippen molar-refractivity contribution in [2.45, 2.75) is 50.0 Å². The lowest BCUT2D eigenvalue weighted by Gasteiger charge is -2.22. The Morgan fingerprint density at radius 2 is 1.90 bits per heavy atom. The van der Waals surface area contributed by atoms with Crippen LogP contribution in [-0.4, -0.2) is 20.2 Å². The number of benzene rings is 1. The fraction of sp³-hybridized carbons (Fsp3) is 0.500. The molecule has 110 valence electrons. The van der Waals surface area contributed by atoms with E-state index in [2.05, 4.69) is 4.72 Å². The minimum atomic E-state index is -3.92. The van der Waals surface area contributed by atoms with Crippen LogP contribution in [0.4, 0.5) is 4.39 Å². The van der Waals surface area contributed by atoms with E-state index in [0.717, 1.165) is 44.2 Å². The largest absolute Gasteiger partial charge is 0.295 e. The smallest absolute Gasteiger partial charge is 0.243 e. The lowest BCUT2D eigenvalue weighted by Crippen LogP contribution is -2.36. The highest BCUT2D eigenvalue weighted by molar-refractivity contribution is 7.89. The van der Waals surface area contributed by atoms with Gasteiger partial charge in [0.2, 0.25) is 10.0 Å². The first kappa shape index (κ1) is 15.1. The number of hydrogen-bond acceptors (Lipinski definition) is 3. The summed E-state index contributed by atoms with van der Waals surface area (Å²) in [6.07, 6.45) is 4.60. The van der Waals surface area contributed by atoms with Crippen molar-refractivity contribution in [1.82, 2.24) is 4.72 Å². The summed E-state index contributed by atoms with van der Waals surface area (Å²) in [6.45, 7) is 1.32. The molecule has 1 aliphatic carbocycles. The monoisotopic (exact) mass is 299 g/mol. The molecule has 0 unspecified atom stereocenters. The number of halogens is 1. The Balaban J connectivity index is 2.28. The van der Waals surface area contributed by atoms with Crippen molar-refractivity contribution >= 4 is 15.8 Å². The molecular formula is C14H18FNO3S. The highest BCUT2D eigenvalue weighted by Crippen LogP contribution is 2.22. The van der Waals surface area contributed by atoms with Gasteiger partial charge in [-0.15, -0.1) is 0 Å². The zero-order valence-corrected chi connectivity index (χ0v) is 12.2. The van der Waals surface area contributed by atoms with Crippen LogP contribution in [0.25, 0.3) is 0 Å². The lowest BCUT2D eigenvalue weighted by atomic mass is 9.96. The predicted octanol–water partition coefficient (Wildman–Crippen LogP) is 2.64. The van der Waals surface area contributed by atoms with Gasteiger partial charge in [-0.1, -0.05) is 19.3 Å². The molecule has 0 saturated heterocycles. The number of sulfonamides is 1. The quantitative estimate of drug-likeness (QED) is 0.869.